The summed E-state index contributed by atoms with van der Waals surface area (Å²) in [4.78, 5) is 21.4. The SMILES string of the molecule is CC(=O)NC(=O)C[C@@H](O)[C@H](N)[C@@H](C)O. The van der Waals surface area contributed by atoms with Crippen LogP contribution in [0.2, 0.25) is 0 Å². The minimum absolute atomic E-state index is 0.300. The highest BCUT2D eigenvalue weighted by Gasteiger charge is 2.22. The maximum Gasteiger partial charge on any atom is 0.229 e. The second-order valence-electron chi connectivity index (χ2n) is 3.19. The van der Waals surface area contributed by atoms with E-state index >= 15 is 0 Å². The molecule has 6 nitrogen and oxygen atoms in total. The fraction of sp³-hybridized carbons (Fsp3) is 0.750. The number of nitrogens with one attached hydrogen (secondary N) is 1. The molecular weight excluding hydrogens is 188 g/mol. The van der Waals surface area contributed by atoms with Crippen LogP contribution in [0.4, 0.5) is 0 Å². The van der Waals surface area contributed by atoms with Crippen molar-refractivity contribution in [3.05, 3.63) is 0 Å². The zero-order valence-electron chi connectivity index (χ0n) is 8.23. The number of nitrogens with two attached hydrogens (primary N) is 1. The number of rotatable bonds is 4. The van der Waals surface area contributed by atoms with Crippen LogP contribution < -0.4 is 11.1 Å². The fourth-order valence-electron chi connectivity index (χ4n) is 0.895. The van der Waals surface area contributed by atoms with Crippen molar-refractivity contribution in [2.75, 3.05) is 0 Å². The molecule has 0 unspecified atom stereocenters. The molecule has 14 heavy (non-hydrogen) atoms. The summed E-state index contributed by atoms with van der Waals surface area (Å²) in [5.41, 5.74) is 5.37. The van der Waals surface area contributed by atoms with Gasteiger partial charge >= 0.3 is 0 Å². The van der Waals surface area contributed by atoms with Crippen molar-refractivity contribution in [2.45, 2.75) is 38.5 Å². The van der Waals surface area contributed by atoms with Crippen molar-refractivity contribution in [3.63, 3.8) is 0 Å². The zero-order chi connectivity index (χ0) is 11.3. The number of carbonyl (C=O) groups excluding carboxylic acids is 2. The Hall–Kier alpha value is -0.980. The Balaban J connectivity index is 3.99. The predicted molar refractivity (Wildman–Crippen MR) is 49.1 cm³/mol. The number of carbonyl (C=O) groups is 2. The molecule has 6 heteroatoms. The van der Waals surface area contributed by atoms with Gasteiger partial charge in [0.2, 0.25) is 11.8 Å². The average molecular weight is 204 g/mol. The lowest BCUT2D eigenvalue weighted by Crippen LogP contribution is -2.45. The summed E-state index contributed by atoms with van der Waals surface area (Å²) >= 11 is 0. The summed E-state index contributed by atoms with van der Waals surface area (Å²) in [5.74, 6) is -1.10. The molecule has 0 aromatic carbocycles. The fourth-order valence-corrected chi connectivity index (χ4v) is 0.895. The smallest absolute Gasteiger partial charge is 0.229 e. The highest BCUT2D eigenvalue weighted by Crippen LogP contribution is 2.01. The molecule has 0 spiro atoms. The normalized spacial score (nSPS) is 16.9. The Kier molecular flexibility index (Phi) is 5.29. The van der Waals surface area contributed by atoms with Crippen LogP contribution in [-0.4, -0.2) is 40.3 Å². The van der Waals surface area contributed by atoms with Crippen molar-refractivity contribution in [3.8, 4) is 0 Å². The van der Waals surface area contributed by atoms with E-state index in [1.807, 2.05) is 5.32 Å². The van der Waals surface area contributed by atoms with Crippen LogP contribution in [-0.2, 0) is 9.59 Å². The van der Waals surface area contributed by atoms with Crippen molar-refractivity contribution in [1.29, 1.82) is 0 Å². The van der Waals surface area contributed by atoms with E-state index in [1.165, 1.54) is 13.8 Å². The monoisotopic (exact) mass is 204 g/mol. The Morgan fingerprint density at radius 3 is 2.29 bits per heavy atom. The first-order valence-corrected chi connectivity index (χ1v) is 4.26. The largest absolute Gasteiger partial charge is 0.392 e. The number of aliphatic hydroxyl groups excluding tert-OH is 2. The third-order valence-electron chi connectivity index (χ3n) is 1.71. The molecule has 0 saturated heterocycles. The van der Waals surface area contributed by atoms with Crippen LogP contribution in [0.3, 0.4) is 0 Å². The highest BCUT2D eigenvalue weighted by molar-refractivity contribution is 5.94. The topological polar surface area (TPSA) is 113 Å². The molecule has 0 aliphatic heterocycles. The van der Waals surface area contributed by atoms with Crippen LogP contribution in [0.1, 0.15) is 20.3 Å². The van der Waals surface area contributed by atoms with Gasteiger partial charge in [0.15, 0.2) is 0 Å². The van der Waals surface area contributed by atoms with Crippen LogP contribution in [0.5, 0.6) is 0 Å². The first-order chi connectivity index (χ1) is 6.34. The van der Waals surface area contributed by atoms with E-state index in [1.54, 1.807) is 0 Å². The first kappa shape index (κ1) is 13.0. The average Bonchev–Trinajstić information content (AvgIpc) is 2.00. The van der Waals surface area contributed by atoms with E-state index in [0.29, 0.717) is 0 Å². The second-order valence-corrected chi connectivity index (χ2v) is 3.19. The lowest BCUT2D eigenvalue weighted by molar-refractivity contribution is -0.130. The molecule has 0 aromatic rings. The molecular formula is C8H16N2O4. The Morgan fingerprint density at radius 1 is 1.43 bits per heavy atom. The summed E-state index contributed by atoms with van der Waals surface area (Å²) in [7, 11) is 0. The predicted octanol–water partition coefficient (Wildman–Crippen LogP) is -1.89. The zero-order valence-corrected chi connectivity index (χ0v) is 8.23. The van der Waals surface area contributed by atoms with Gasteiger partial charge in [-0.25, -0.2) is 0 Å². The molecule has 0 rings (SSSR count). The highest BCUT2D eigenvalue weighted by atomic mass is 16.3. The van der Waals surface area contributed by atoms with Gasteiger partial charge in [-0.15, -0.1) is 0 Å². The molecule has 0 aromatic heterocycles. The minimum atomic E-state index is -1.16. The number of aliphatic hydroxyl groups is 2. The molecule has 0 fully saturated rings. The third-order valence-corrected chi connectivity index (χ3v) is 1.71. The van der Waals surface area contributed by atoms with Crippen LogP contribution in [0.15, 0.2) is 0 Å². The lowest BCUT2D eigenvalue weighted by Gasteiger charge is -2.20. The van der Waals surface area contributed by atoms with E-state index in [0.717, 1.165) is 0 Å². The van der Waals surface area contributed by atoms with Gasteiger partial charge in [-0.3, -0.25) is 14.9 Å². The number of imide groups is 1. The van der Waals surface area contributed by atoms with E-state index in [2.05, 4.69) is 0 Å². The molecule has 0 bridgehead atoms. The van der Waals surface area contributed by atoms with Gasteiger partial charge in [0.1, 0.15) is 0 Å². The summed E-state index contributed by atoms with van der Waals surface area (Å²) in [6.45, 7) is 2.61. The molecule has 3 atom stereocenters. The Labute approximate surface area is 82.1 Å². The van der Waals surface area contributed by atoms with Crippen LogP contribution >= 0.6 is 0 Å². The second kappa shape index (κ2) is 5.69. The van der Waals surface area contributed by atoms with Crippen molar-refractivity contribution in [2.24, 2.45) is 5.73 Å². The first-order valence-electron chi connectivity index (χ1n) is 4.26. The van der Waals surface area contributed by atoms with E-state index in [4.69, 9.17) is 10.8 Å². The van der Waals surface area contributed by atoms with Crippen molar-refractivity contribution >= 4 is 11.8 Å². The number of amides is 2. The Bertz CT molecular complexity index is 217. The molecule has 0 radical (unpaired) electrons. The standard InChI is InChI=1S/C8H16N2O4/c1-4(11)8(9)6(13)3-7(14)10-5(2)12/h4,6,8,11,13H,3,9H2,1-2H3,(H,10,12,14)/t4-,6-,8-/m1/s1. The molecule has 0 saturated carbocycles. The quantitative estimate of drug-likeness (QED) is 0.427. The van der Waals surface area contributed by atoms with Gasteiger partial charge < -0.3 is 15.9 Å². The van der Waals surface area contributed by atoms with Crippen molar-refractivity contribution < 1.29 is 19.8 Å². The van der Waals surface area contributed by atoms with Gasteiger partial charge in [0.05, 0.1) is 24.7 Å². The van der Waals surface area contributed by atoms with E-state index < -0.39 is 30.1 Å². The van der Waals surface area contributed by atoms with E-state index in [-0.39, 0.29) is 6.42 Å². The minimum Gasteiger partial charge on any atom is -0.392 e. The third kappa shape index (κ3) is 4.90. The molecule has 5 N–H and O–H groups in total. The van der Waals surface area contributed by atoms with Gasteiger partial charge in [-0.05, 0) is 6.92 Å². The van der Waals surface area contributed by atoms with Crippen LogP contribution in [0.25, 0.3) is 0 Å². The van der Waals surface area contributed by atoms with Crippen LogP contribution in [0, 0.1) is 0 Å². The summed E-state index contributed by atoms with van der Waals surface area (Å²) in [5, 5.41) is 20.3. The van der Waals surface area contributed by atoms with Gasteiger partial charge in [0.25, 0.3) is 0 Å². The number of hydrogen-bond donors (Lipinski definition) is 4. The van der Waals surface area contributed by atoms with Crippen molar-refractivity contribution in [1.82, 2.24) is 5.32 Å². The number of hydrogen-bond acceptors (Lipinski definition) is 5. The summed E-state index contributed by atoms with van der Waals surface area (Å²) < 4.78 is 0. The van der Waals surface area contributed by atoms with E-state index in [9.17, 15) is 14.7 Å². The molecule has 0 heterocycles. The lowest BCUT2D eigenvalue weighted by atomic mass is 10.0. The Morgan fingerprint density at radius 2 is 1.93 bits per heavy atom. The van der Waals surface area contributed by atoms with Gasteiger partial charge in [-0.1, -0.05) is 0 Å². The van der Waals surface area contributed by atoms with Gasteiger partial charge in [-0.2, -0.15) is 0 Å². The molecule has 0 aliphatic carbocycles. The molecule has 2 amide bonds. The summed E-state index contributed by atoms with van der Waals surface area (Å²) in [6, 6.07) is -0.896. The molecule has 82 valence electrons. The maximum atomic E-state index is 11.0. The summed E-state index contributed by atoms with van der Waals surface area (Å²) in [6.07, 6.45) is -2.37. The maximum absolute atomic E-state index is 11.0. The molecule has 0 aliphatic rings. The van der Waals surface area contributed by atoms with Gasteiger partial charge in [0, 0.05) is 6.92 Å².